The predicted octanol–water partition coefficient (Wildman–Crippen LogP) is 5.78. The van der Waals surface area contributed by atoms with Crippen molar-refractivity contribution in [2.75, 3.05) is 18.5 Å². The van der Waals surface area contributed by atoms with Gasteiger partial charge < -0.3 is 20.1 Å². The van der Waals surface area contributed by atoms with E-state index < -0.39 is 29.4 Å². The molecule has 7 nitrogen and oxygen atoms in total. The molecule has 9 heteroatoms. The Balaban J connectivity index is 0.000000387. The highest BCUT2D eigenvalue weighted by atomic mass is 35.5. The Bertz CT molecular complexity index is 1300. The average Bonchev–Trinajstić information content (AvgIpc) is 3.31. The molecule has 0 amide bonds. The van der Waals surface area contributed by atoms with E-state index in [1.54, 1.807) is 20.0 Å². The molecule has 0 fully saturated rings. The standard InChI is InChI=1S/C22H27N3O4S.C6H3Cl/c1-5-28-19(26)16-14(3)25-22(4,15-10-8-7-9-11-15)17(20(27)29-6-2)18(16)24-21-23-12-13-30-21;7-6-2-1-4-3-5(4)6/h7-13,17-18,25H,5-6H2,1-4H3,(H,23,24);1-3H. The van der Waals surface area contributed by atoms with Crippen molar-refractivity contribution >= 4 is 40.0 Å². The Hall–Kier alpha value is -3.36. The molecule has 5 rings (SSSR count). The molecular weight excluding hydrogens is 510 g/mol. The normalized spacial score (nSPS) is 21.2. The highest BCUT2D eigenvalue weighted by Gasteiger charge is 2.53. The van der Waals surface area contributed by atoms with Gasteiger partial charge in [-0.15, -0.1) is 11.3 Å². The molecular formula is C28H30ClN3O4S. The van der Waals surface area contributed by atoms with Crippen LogP contribution in [0.3, 0.4) is 0 Å². The lowest BCUT2D eigenvalue weighted by Gasteiger charge is -2.47. The molecule has 37 heavy (non-hydrogen) atoms. The highest BCUT2D eigenvalue weighted by molar-refractivity contribution is 7.13. The summed E-state index contributed by atoms with van der Waals surface area (Å²) in [5, 5.41) is 10.1. The third-order valence-electron chi connectivity index (χ3n) is 6.43. The van der Waals surface area contributed by atoms with Gasteiger partial charge in [-0.1, -0.05) is 48.0 Å². The van der Waals surface area contributed by atoms with Gasteiger partial charge >= 0.3 is 11.9 Å². The zero-order valence-electron chi connectivity index (χ0n) is 21.2. The molecule has 194 valence electrons. The van der Waals surface area contributed by atoms with E-state index in [4.69, 9.17) is 21.1 Å². The van der Waals surface area contributed by atoms with Crippen molar-refractivity contribution in [3.05, 3.63) is 82.0 Å². The number of allylic oxidation sites excluding steroid dienone is 1. The van der Waals surface area contributed by atoms with Crippen LogP contribution in [0, 0.1) is 5.92 Å². The molecule has 3 unspecified atom stereocenters. The zero-order chi connectivity index (χ0) is 26.6. The number of benzene rings is 2. The molecule has 0 saturated carbocycles. The van der Waals surface area contributed by atoms with Gasteiger partial charge in [0.25, 0.3) is 0 Å². The number of esters is 2. The summed E-state index contributed by atoms with van der Waals surface area (Å²) in [7, 11) is 0. The maximum absolute atomic E-state index is 13.3. The van der Waals surface area contributed by atoms with E-state index in [2.05, 4.69) is 21.7 Å². The molecule has 1 aliphatic heterocycles. The number of aromatic nitrogens is 1. The van der Waals surface area contributed by atoms with Gasteiger partial charge in [0.1, 0.15) is 5.92 Å². The number of carbonyl (C=O) groups excluding carboxylic acids is 2. The van der Waals surface area contributed by atoms with E-state index in [1.165, 1.54) is 22.5 Å². The Morgan fingerprint density at radius 1 is 1.14 bits per heavy atom. The number of nitrogens with one attached hydrogen (secondary N) is 2. The Morgan fingerprint density at radius 3 is 2.38 bits per heavy atom. The van der Waals surface area contributed by atoms with E-state index in [9.17, 15) is 9.59 Å². The van der Waals surface area contributed by atoms with Crippen LogP contribution >= 0.6 is 22.9 Å². The summed E-state index contributed by atoms with van der Waals surface area (Å²) in [6.45, 7) is 7.77. The van der Waals surface area contributed by atoms with Gasteiger partial charge in [-0.05, 0) is 51.0 Å². The smallest absolute Gasteiger partial charge is 0.337 e. The molecule has 0 saturated heterocycles. The third-order valence-corrected chi connectivity index (χ3v) is 7.47. The summed E-state index contributed by atoms with van der Waals surface area (Å²) in [5.74, 6) is -1.62. The van der Waals surface area contributed by atoms with E-state index in [0.29, 0.717) is 16.4 Å². The second-order valence-corrected chi connectivity index (χ2v) is 10.1. The van der Waals surface area contributed by atoms with Gasteiger partial charge in [0, 0.05) is 27.9 Å². The molecule has 2 aromatic rings. The van der Waals surface area contributed by atoms with Crippen molar-refractivity contribution in [2.45, 2.75) is 39.3 Å². The van der Waals surface area contributed by atoms with Crippen LogP contribution in [0.4, 0.5) is 5.13 Å². The number of thiazole rings is 1. The number of rotatable bonds is 7. The minimum atomic E-state index is -0.817. The molecule has 1 aromatic heterocycles. The number of fused-ring (bicyclic) bond motifs is 1. The Morgan fingerprint density at radius 2 is 1.86 bits per heavy atom. The topological polar surface area (TPSA) is 89.5 Å². The summed E-state index contributed by atoms with van der Waals surface area (Å²) in [4.78, 5) is 30.5. The van der Waals surface area contributed by atoms with Crippen molar-refractivity contribution < 1.29 is 19.1 Å². The number of nitrogens with zero attached hydrogens (tertiary/aromatic N) is 1. The molecule has 2 N–H and O–H groups in total. The van der Waals surface area contributed by atoms with Crippen LogP contribution in [-0.2, 0) is 24.6 Å². The van der Waals surface area contributed by atoms with Crippen molar-refractivity contribution in [2.24, 2.45) is 5.92 Å². The van der Waals surface area contributed by atoms with Crippen LogP contribution in [0.25, 0.3) is 11.1 Å². The molecule has 2 heterocycles. The quantitative estimate of drug-likeness (QED) is 0.288. The number of anilines is 1. The van der Waals surface area contributed by atoms with Crippen molar-refractivity contribution in [1.82, 2.24) is 10.3 Å². The van der Waals surface area contributed by atoms with Crippen LogP contribution in [0.1, 0.15) is 33.3 Å². The summed E-state index contributed by atoms with van der Waals surface area (Å²) in [6.07, 6.45) is 1.67. The molecule has 3 aliphatic rings. The van der Waals surface area contributed by atoms with E-state index in [0.717, 1.165) is 10.6 Å². The van der Waals surface area contributed by atoms with E-state index in [-0.39, 0.29) is 13.2 Å². The fourth-order valence-electron chi connectivity index (χ4n) is 4.70. The molecule has 0 spiro atoms. The second-order valence-electron chi connectivity index (χ2n) is 8.84. The fraction of sp³-hybridized carbons (Fsp3) is 0.321. The molecule has 0 radical (unpaired) electrons. The first kappa shape index (κ1) is 26.7. The van der Waals surface area contributed by atoms with Crippen molar-refractivity contribution in [3.63, 3.8) is 0 Å². The number of halogens is 1. The lowest BCUT2D eigenvalue weighted by atomic mass is 9.70. The van der Waals surface area contributed by atoms with Gasteiger partial charge in [-0.25, -0.2) is 9.78 Å². The lowest BCUT2D eigenvalue weighted by molar-refractivity contribution is -0.152. The van der Waals surface area contributed by atoms with Crippen LogP contribution in [0.2, 0.25) is 5.02 Å². The SMILES string of the molecule is CCOC(=O)C1=C(C)NC(C)(c2ccccc2)C(C(=O)OCC)C1Nc1nccs1.Clc1ccc2cc1-2. The number of ether oxygens (including phenoxy) is 2. The van der Waals surface area contributed by atoms with Gasteiger partial charge in [-0.3, -0.25) is 4.79 Å². The summed E-state index contributed by atoms with van der Waals surface area (Å²) < 4.78 is 10.8. The van der Waals surface area contributed by atoms with Gasteiger partial charge in [0.05, 0.1) is 30.4 Å². The fourth-order valence-corrected chi connectivity index (χ4v) is 5.49. The van der Waals surface area contributed by atoms with Crippen LogP contribution in [-0.4, -0.2) is 36.2 Å². The molecule has 0 bridgehead atoms. The monoisotopic (exact) mass is 539 g/mol. The maximum Gasteiger partial charge on any atom is 0.337 e. The lowest BCUT2D eigenvalue weighted by Crippen LogP contribution is -2.60. The summed E-state index contributed by atoms with van der Waals surface area (Å²) in [5.41, 5.74) is 3.67. The maximum atomic E-state index is 13.3. The van der Waals surface area contributed by atoms with E-state index in [1.807, 2.05) is 61.7 Å². The summed E-state index contributed by atoms with van der Waals surface area (Å²) in [6, 6.07) is 15.0. The van der Waals surface area contributed by atoms with Crippen molar-refractivity contribution in [1.29, 1.82) is 0 Å². The number of hydrogen-bond acceptors (Lipinski definition) is 8. The molecule has 3 atom stereocenters. The first-order valence-corrected chi connectivity index (χ1v) is 13.4. The highest BCUT2D eigenvalue weighted by Crippen LogP contribution is 2.42. The second kappa shape index (κ2) is 11.4. The first-order valence-electron chi connectivity index (χ1n) is 12.1. The minimum absolute atomic E-state index is 0.236. The van der Waals surface area contributed by atoms with Crippen LogP contribution < -0.4 is 10.6 Å². The Kier molecular flexibility index (Phi) is 8.19. The first-order chi connectivity index (χ1) is 17.8. The number of carbonyl (C=O) groups is 2. The zero-order valence-corrected chi connectivity index (χ0v) is 22.8. The third kappa shape index (κ3) is 5.65. The van der Waals surface area contributed by atoms with E-state index >= 15 is 0 Å². The van der Waals surface area contributed by atoms with Crippen LogP contribution in [0.5, 0.6) is 0 Å². The Labute approximate surface area is 225 Å². The van der Waals surface area contributed by atoms with Gasteiger partial charge in [0.15, 0.2) is 5.13 Å². The predicted molar refractivity (Wildman–Crippen MR) is 146 cm³/mol. The number of hydrogen-bond donors (Lipinski definition) is 2. The van der Waals surface area contributed by atoms with Crippen molar-refractivity contribution in [3.8, 4) is 11.1 Å². The molecule has 2 aliphatic carbocycles. The van der Waals surface area contributed by atoms with Crippen LogP contribution in [0.15, 0.2) is 71.4 Å². The van der Waals surface area contributed by atoms with Gasteiger partial charge in [-0.2, -0.15) is 0 Å². The minimum Gasteiger partial charge on any atom is -0.466 e. The van der Waals surface area contributed by atoms with Gasteiger partial charge in [0.2, 0.25) is 0 Å². The average molecular weight is 540 g/mol. The summed E-state index contributed by atoms with van der Waals surface area (Å²) >= 11 is 7.04. The largest absolute Gasteiger partial charge is 0.466 e. The molecule has 1 aromatic carbocycles.